The third-order valence-electron chi connectivity index (χ3n) is 11.5. The summed E-state index contributed by atoms with van der Waals surface area (Å²) in [6.07, 6.45) is 34.5. The zero-order valence-electron chi connectivity index (χ0n) is 28.8. The highest BCUT2D eigenvalue weighted by molar-refractivity contribution is 5.68. The van der Waals surface area contributed by atoms with Gasteiger partial charge in [-0.1, -0.05) is 159 Å². The molecule has 0 unspecified atom stereocenters. The first-order chi connectivity index (χ1) is 21.2. The van der Waals surface area contributed by atoms with Crippen LogP contribution in [0.3, 0.4) is 0 Å². The fourth-order valence-electron chi connectivity index (χ4n) is 8.55. The standard InChI is InChI=1S/C43H68/c1-4-6-8-10-12-14-16-18-36-20-24-38(25-21-36)39-28-30-41(31-29-39)43-33-32-42(34-35(43)3)40-26-22-37(23-27-40)19-17-15-13-11-9-7-5-2/h28-34,36-38,40H,4-27H2,1-3H3/t36-,37-,38-,40-. The summed E-state index contributed by atoms with van der Waals surface area (Å²) in [5, 5.41) is 0. The molecule has 4 rings (SSSR count). The van der Waals surface area contributed by atoms with E-state index in [1.807, 2.05) is 0 Å². The first kappa shape index (κ1) is 34.3. The molecule has 0 spiro atoms. The molecule has 0 atom stereocenters. The van der Waals surface area contributed by atoms with Gasteiger partial charge in [0, 0.05) is 0 Å². The molecule has 0 aromatic heterocycles. The van der Waals surface area contributed by atoms with Gasteiger partial charge in [0.05, 0.1) is 0 Å². The predicted octanol–water partition coefficient (Wildman–Crippen LogP) is 14.5. The van der Waals surface area contributed by atoms with E-state index in [2.05, 4.69) is 63.2 Å². The molecule has 2 aliphatic carbocycles. The van der Waals surface area contributed by atoms with E-state index in [0.29, 0.717) is 0 Å². The molecule has 0 nitrogen and oxygen atoms in total. The minimum absolute atomic E-state index is 0.779. The average molecular weight is 585 g/mol. The van der Waals surface area contributed by atoms with E-state index in [-0.39, 0.29) is 0 Å². The van der Waals surface area contributed by atoms with Crippen LogP contribution in [0.15, 0.2) is 42.5 Å². The van der Waals surface area contributed by atoms with Gasteiger partial charge in [0.25, 0.3) is 0 Å². The van der Waals surface area contributed by atoms with Crippen molar-refractivity contribution in [1.82, 2.24) is 0 Å². The van der Waals surface area contributed by atoms with E-state index < -0.39 is 0 Å². The molecule has 2 aromatic rings. The minimum Gasteiger partial charge on any atom is -0.0654 e. The van der Waals surface area contributed by atoms with Crippen LogP contribution in [-0.2, 0) is 0 Å². The normalized spacial score (nSPS) is 22.6. The van der Waals surface area contributed by atoms with Crippen molar-refractivity contribution in [2.24, 2.45) is 11.8 Å². The highest BCUT2D eigenvalue weighted by atomic mass is 14.3. The van der Waals surface area contributed by atoms with Crippen molar-refractivity contribution in [1.29, 1.82) is 0 Å². The second-order valence-electron chi connectivity index (χ2n) is 15.0. The Morgan fingerprint density at radius 2 is 0.884 bits per heavy atom. The fraction of sp³-hybridized carbons (Fsp3) is 0.721. The third-order valence-corrected chi connectivity index (χ3v) is 11.5. The molecule has 2 saturated carbocycles. The Labute approximate surface area is 268 Å². The minimum atomic E-state index is 0.779. The Morgan fingerprint density at radius 3 is 1.35 bits per heavy atom. The van der Waals surface area contributed by atoms with E-state index in [0.717, 1.165) is 23.7 Å². The van der Waals surface area contributed by atoms with Crippen molar-refractivity contribution in [2.45, 2.75) is 187 Å². The fourth-order valence-corrected chi connectivity index (χ4v) is 8.55. The molecule has 0 heteroatoms. The summed E-state index contributed by atoms with van der Waals surface area (Å²) in [6.45, 7) is 6.96. The van der Waals surface area contributed by atoms with Crippen LogP contribution in [0, 0.1) is 18.8 Å². The number of unbranched alkanes of at least 4 members (excludes halogenated alkanes) is 12. The molecule has 0 radical (unpaired) electrons. The van der Waals surface area contributed by atoms with Crippen LogP contribution in [-0.4, -0.2) is 0 Å². The highest BCUT2D eigenvalue weighted by Crippen LogP contribution is 2.40. The van der Waals surface area contributed by atoms with Crippen molar-refractivity contribution in [2.75, 3.05) is 0 Å². The molecule has 2 aromatic carbocycles. The summed E-state index contributed by atoms with van der Waals surface area (Å²) in [7, 11) is 0. The molecule has 0 bridgehead atoms. The average Bonchev–Trinajstić information content (AvgIpc) is 3.04. The van der Waals surface area contributed by atoms with Crippen LogP contribution < -0.4 is 0 Å². The zero-order chi connectivity index (χ0) is 30.1. The molecule has 0 saturated heterocycles. The lowest BCUT2D eigenvalue weighted by Crippen LogP contribution is -2.13. The van der Waals surface area contributed by atoms with E-state index in [4.69, 9.17) is 0 Å². The van der Waals surface area contributed by atoms with E-state index in [1.54, 1.807) is 11.1 Å². The van der Waals surface area contributed by atoms with Gasteiger partial charge in [0.2, 0.25) is 0 Å². The Kier molecular flexibility index (Phi) is 15.8. The van der Waals surface area contributed by atoms with Gasteiger partial charge in [-0.15, -0.1) is 0 Å². The number of aryl methyl sites for hydroxylation is 1. The first-order valence-electron chi connectivity index (χ1n) is 19.4. The predicted molar refractivity (Wildman–Crippen MR) is 191 cm³/mol. The second kappa shape index (κ2) is 19.7. The highest BCUT2D eigenvalue weighted by Gasteiger charge is 2.24. The van der Waals surface area contributed by atoms with Gasteiger partial charge in [-0.05, 0) is 110 Å². The molecule has 2 aliphatic rings. The molecule has 240 valence electrons. The second-order valence-corrected chi connectivity index (χ2v) is 15.0. The van der Waals surface area contributed by atoms with E-state index in [1.165, 1.54) is 171 Å². The van der Waals surface area contributed by atoms with Crippen LogP contribution >= 0.6 is 0 Å². The van der Waals surface area contributed by atoms with E-state index >= 15 is 0 Å². The Hall–Kier alpha value is -1.56. The van der Waals surface area contributed by atoms with Crippen LogP contribution in [0.5, 0.6) is 0 Å². The molecule has 2 fully saturated rings. The summed E-state index contributed by atoms with van der Waals surface area (Å²) in [5.41, 5.74) is 7.47. The molecular weight excluding hydrogens is 516 g/mol. The molecular formula is C43H68. The maximum Gasteiger partial charge on any atom is -0.0155 e. The summed E-state index contributed by atoms with van der Waals surface area (Å²) >= 11 is 0. The van der Waals surface area contributed by atoms with Gasteiger partial charge < -0.3 is 0 Å². The molecule has 43 heavy (non-hydrogen) atoms. The summed E-state index contributed by atoms with van der Waals surface area (Å²) < 4.78 is 0. The Balaban J connectivity index is 1.16. The molecule has 0 heterocycles. The van der Waals surface area contributed by atoms with Gasteiger partial charge in [0.15, 0.2) is 0 Å². The third kappa shape index (κ3) is 11.7. The van der Waals surface area contributed by atoms with E-state index in [9.17, 15) is 0 Å². The maximum atomic E-state index is 2.52. The summed E-state index contributed by atoms with van der Waals surface area (Å²) in [6, 6.07) is 17.2. The lowest BCUT2D eigenvalue weighted by Gasteiger charge is -2.29. The smallest absolute Gasteiger partial charge is 0.0155 e. The number of hydrogen-bond donors (Lipinski definition) is 0. The van der Waals surface area contributed by atoms with Crippen LogP contribution in [0.1, 0.15) is 196 Å². The van der Waals surface area contributed by atoms with Crippen LogP contribution in [0.4, 0.5) is 0 Å². The number of hydrogen-bond acceptors (Lipinski definition) is 0. The molecule has 0 aliphatic heterocycles. The zero-order valence-corrected chi connectivity index (χ0v) is 28.8. The summed E-state index contributed by atoms with van der Waals surface area (Å²) in [5.74, 6) is 3.54. The SMILES string of the molecule is CCCCCCCCC[C@H]1CC[C@H](c2ccc(-c3ccc([C@H]4CC[C@H](CCCCCCCCC)CC4)cc3C)cc2)CC1. The van der Waals surface area contributed by atoms with Crippen LogP contribution in [0.25, 0.3) is 11.1 Å². The van der Waals surface area contributed by atoms with Crippen molar-refractivity contribution in [3.63, 3.8) is 0 Å². The topological polar surface area (TPSA) is 0 Å². The number of rotatable bonds is 19. The van der Waals surface area contributed by atoms with Crippen LogP contribution in [0.2, 0.25) is 0 Å². The quantitative estimate of drug-likeness (QED) is 0.144. The monoisotopic (exact) mass is 585 g/mol. The number of benzene rings is 2. The van der Waals surface area contributed by atoms with Gasteiger partial charge in [0.1, 0.15) is 0 Å². The van der Waals surface area contributed by atoms with Gasteiger partial charge in [-0.3, -0.25) is 0 Å². The Bertz CT molecular complexity index is 983. The van der Waals surface area contributed by atoms with Gasteiger partial charge in [-0.25, -0.2) is 0 Å². The van der Waals surface area contributed by atoms with Crippen molar-refractivity contribution in [3.05, 3.63) is 59.2 Å². The van der Waals surface area contributed by atoms with Crippen molar-refractivity contribution < 1.29 is 0 Å². The van der Waals surface area contributed by atoms with Crippen molar-refractivity contribution in [3.8, 4) is 11.1 Å². The largest absolute Gasteiger partial charge is 0.0654 e. The van der Waals surface area contributed by atoms with Gasteiger partial charge >= 0.3 is 0 Å². The lowest BCUT2D eigenvalue weighted by atomic mass is 9.76. The maximum absolute atomic E-state index is 2.52. The van der Waals surface area contributed by atoms with Crippen molar-refractivity contribution >= 4 is 0 Å². The molecule has 0 amide bonds. The lowest BCUT2D eigenvalue weighted by molar-refractivity contribution is 0.301. The molecule has 0 N–H and O–H groups in total. The summed E-state index contributed by atoms with van der Waals surface area (Å²) in [4.78, 5) is 0. The first-order valence-corrected chi connectivity index (χ1v) is 19.4. The van der Waals surface area contributed by atoms with Gasteiger partial charge in [-0.2, -0.15) is 0 Å². The Morgan fingerprint density at radius 1 is 0.465 bits per heavy atom.